The van der Waals surface area contributed by atoms with Gasteiger partial charge in [0.15, 0.2) is 0 Å². The summed E-state index contributed by atoms with van der Waals surface area (Å²) >= 11 is 0. The molecule has 0 saturated heterocycles. The Morgan fingerprint density at radius 3 is 2.00 bits per heavy atom. The SMILES string of the molecule is Cc1ccc([C@@H]2CC(c3ccc(-c4ccccc4)cc3)=NN2c2ccccc2)o1. The van der Waals surface area contributed by atoms with Crippen LogP contribution in [0.3, 0.4) is 0 Å². The highest BCUT2D eigenvalue weighted by molar-refractivity contribution is 6.03. The van der Waals surface area contributed by atoms with Gasteiger partial charge in [-0.15, -0.1) is 0 Å². The van der Waals surface area contributed by atoms with E-state index >= 15 is 0 Å². The molecule has 1 aliphatic rings. The van der Waals surface area contributed by atoms with Crippen LogP contribution in [0.4, 0.5) is 5.69 Å². The maximum absolute atomic E-state index is 5.97. The van der Waals surface area contributed by atoms with Gasteiger partial charge >= 0.3 is 0 Å². The summed E-state index contributed by atoms with van der Waals surface area (Å²) in [4.78, 5) is 0. The minimum atomic E-state index is 0.0647. The van der Waals surface area contributed by atoms with E-state index in [4.69, 9.17) is 9.52 Å². The van der Waals surface area contributed by atoms with E-state index in [9.17, 15) is 0 Å². The summed E-state index contributed by atoms with van der Waals surface area (Å²) in [5, 5.41) is 7.07. The van der Waals surface area contributed by atoms with Crippen molar-refractivity contribution in [1.29, 1.82) is 0 Å². The summed E-state index contributed by atoms with van der Waals surface area (Å²) in [5.74, 6) is 1.87. The highest BCUT2D eigenvalue weighted by Crippen LogP contribution is 2.37. The molecule has 0 spiro atoms. The third-order valence-electron chi connectivity index (χ3n) is 5.35. The van der Waals surface area contributed by atoms with Crippen molar-refractivity contribution in [3.63, 3.8) is 0 Å². The summed E-state index contributed by atoms with van der Waals surface area (Å²) in [6, 6.07) is 33.6. The van der Waals surface area contributed by atoms with Crippen LogP contribution in [0.2, 0.25) is 0 Å². The molecule has 0 amide bonds. The molecule has 0 aliphatic carbocycles. The third kappa shape index (κ3) is 3.47. The summed E-state index contributed by atoms with van der Waals surface area (Å²) in [6.45, 7) is 1.98. The first-order valence-electron chi connectivity index (χ1n) is 9.92. The average Bonchev–Trinajstić information content (AvgIpc) is 3.42. The molecule has 3 nitrogen and oxygen atoms in total. The summed E-state index contributed by atoms with van der Waals surface area (Å²) in [6.07, 6.45) is 0.812. The van der Waals surface area contributed by atoms with Crippen molar-refractivity contribution in [2.75, 3.05) is 5.01 Å². The predicted molar refractivity (Wildman–Crippen MR) is 118 cm³/mol. The van der Waals surface area contributed by atoms with Crippen molar-refractivity contribution in [3.05, 3.63) is 114 Å². The molecule has 1 aliphatic heterocycles. The highest BCUT2D eigenvalue weighted by atomic mass is 16.3. The summed E-state index contributed by atoms with van der Waals surface area (Å²) in [5.41, 5.74) is 5.74. The molecule has 1 atom stereocenters. The van der Waals surface area contributed by atoms with E-state index in [0.717, 1.165) is 34.9 Å². The predicted octanol–water partition coefficient (Wildman–Crippen LogP) is 6.61. The number of nitrogens with zero attached hydrogens (tertiary/aromatic N) is 2. The zero-order valence-corrected chi connectivity index (χ0v) is 16.3. The Hall–Kier alpha value is -3.59. The van der Waals surface area contributed by atoms with Crippen LogP contribution >= 0.6 is 0 Å². The van der Waals surface area contributed by atoms with Crippen molar-refractivity contribution >= 4 is 11.4 Å². The van der Waals surface area contributed by atoms with E-state index < -0.39 is 0 Å². The molecule has 0 saturated carbocycles. The van der Waals surface area contributed by atoms with E-state index in [1.165, 1.54) is 11.1 Å². The van der Waals surface area contributed by atoms with Crippen LogP contribution in [0, 0.1) is 6.92 Å². The van der Waals surface area contributed by atoms with Gasteiger partial charge in [-0.05, 0) is 47.9 Å². The van der Waals surface area contributed by atoms with Crippen molar-refractivity contribution < 1.29 is 4.42 Å². The number of hydrazone groups is 1. The van der Waals surface area contributed by atoms with Crippen LogP contribution in [-0.2, 0) is 0 Å². The van der Waals surface area contributed by atoms with Gasteiger partial charge in [0, 0.05) is 6.42 Å². The maximum Gasteiger partial charge on any atom is 0.129 e. The van der Waals surface area contributed by atoms with Crippen LogP contribution < -0.4 is 5.01 Å². The van der Waals surface area contributed by atoms with Gasteiger partial charge in [0.1, 0.15) is 17.6 Å². The first-order valence-corrected chi connectivity index (χ1v) is 9.92. The Labute approximate surface area is 170 Å². The number of furan rings is 1. The lowest BCUT2D eigenvalue weighted by atomic mass is 9.99. The number of rotatable bonds is 4. The molecule has 3 aromatic carbocycles. The Morgan fingerprint density at radius 1 is 0.724 bits per heavy atom. The molecule has 0 unspecified atom stereocenters. The normalized spacial score (nSPS) is 16.1. The van der Waals surface area contributed by atoms with Crippen molar-refractivity contribution in [3.8, 4) is 11.1 Å². The molecule has 0 fully saturated rings. The standard InChI is InChI=1S/C26H22N2O/c1-19-12-17-26(29-19)25-18-24(27-28(25)23-10-6-3-7-11-23)22-15-13-21(14-16-22)20-8-4-2-5-9-20/h2-17,25H,18H2,1H3/t25-/m0/s1. The highest BCUT2D eigenvalue weighted by Gasteiger charge is 2.32. The van der Waals surface area contributed by atoms with Crippen LogP contribution in [-0.4, -0.2) is 5.71 Å². The zero-order chi connectivity index (χ0) is 19.6. The molecule has 0 N–H and O–H groups in total. The fraction of sp³-hybridized carbons (Fsp3) is 0.115. The van der Waals surface area contributed by atoms with Gasteiger partial charge in [0.05, 0.1) is 11.4 Å². The molecule has 4 aromatic rings. The minimum Gasteiger partial charge on any atom is -0.464 e. The molecule has 2 heterocycles. The molecule has 0 radical (unpaired) electrons. The number of para-hydroxylation sites is 1. The molecular formula is C26H22N2O. The number of hydrogen-bond donors (Lipinski definition) is 0. The van der Waals surface area contributed by atoms with E-state index in [1.54, 1.807) is 0 Å². The topological polar surface area (TPSA) is 28.7 Å². The van der Waals surface area contributed by atoms with Gasteiger partial charge in [0.25, 0.3) is 0 Å². The van der Waals surface area contributed by atoms with Crippen LogP contribution in [0.25, 0.3) is 11.1 Å². The molecular weight excluding hydrogens is 356 g/mol. The van der Waals surface area contributed by atoms with Crippen molar-refractivity contribution in [1.82, 2.24) is 0 Å². The van der Waals surface area contributed by atoms with Gasteiger partial charge in [-0.3, -0.25) is 5.01 Å². The van der Waals surface area contributed by atoms with Gasteiger partial charge in [-0.1, -0.05) is 72.8 Å². The Kier molecular flexibility index (Phi) is 4.49. The lowest BCUT2D eigenvalue weighted by Gasteiger charge is -2.21. The van der Waals surface area contributed by atoms with Crippen LogP contribution in [0.5, 0.6) is 0 Å². The smallest absolute Gasteiger partial charge is 0.129 e. The second-order valence-corrected chi connectivity index (χ2v) is 7.34. The second kappa shape index (κ2) is 7.44. The quantitative estimate of drug-likeness (QED) is 0.400. The number of aryl methyl sites for hydroxylation is 1. The Balaban J connectivity index is 1.48. The zero-order valence-electron chi connectivity index (χ0n) is 16.3. The first-order chi connectivity index (χ1) is 14.3. The lowest BCUT2D eigenvalue weighted by Crippen LogP contribution is -2.17. The largest absolute Gasteiger partial charge is 0.464 e. The van der Waals surface area contributed by atoms with Crippen LogP contribution in [0.1, 0.15) is 29.5 Å². The van der Waals surface area contributed by atoms with E-state index in [2.05, 4.69) is 71.7 Å². The summed E-state index contributed by atoms with van der Waals surface area (Å²) in [7, 11) is 0. The number of hydrogen-bond acceptors (Lipinski definition) is 3. The lowest BCUT2D eigenvalue weighted by molar-refractivity contribution is 0.445. The number of benzene rings is 3. The van der Waals surface area contributed by atoms with E-state index in [-0.39, 0.29) is 6.04 Å². The molecule has 3 heteroatoms. The summed E-state index contributed by atoms with van der Waals surface area (Å²) < 4.78 is 5.97. The molecule has 5 rings (SSSR count). The Bertz CT molecular complexity index is 1130. The molecule has 0 bridgehead atoms. The first kappa shape index (κ1) is 17.5. The van der Waals surface area contributed by atoms with Crippen molar-refractivity contribution in [2.45, 2.75) is 19.4 Å². The monoisotopic (exact) mass is 378 g/mol. The van der Waals surface area contributed by atoms with Crippen molar-refractivity contribution in [2.24, 2.45) is 5.10 Å². The maximum atomic E-state index is 5.97. The van der Waals surface area contributed by atoms with Gasteiger partial charge in [-0.2, -0.15) is 5.10 Å². The number of anilines is 1. The van der Waals surface area contributed by atoms with E-state index in [1.807, 2.05) is 37.3 Å². The third-order valence-corrected chi connectivity index (χ3v) is 5.35. The van der Waals surface area contributed by atoms with Crippen LogP contribution in [0.15, 0.2) is 107 Å². The Morgan fingerprint density at radius 2 is 1.34 bits per heavy atom. The van der Waals surface area contributed by atoms with Gasteiger partial charge in [-0.25, -0.2) is 0 Å². The second-order valence-electron chi connectivity index (χ2n) is 7.34. The molecule has 29 heavy (non-hydrogen) atoms. The fourth-order valence-electron chi connectivity index (χ4n) is 3.84. The van der Waals surface area contributed by atoms with Gasteiger partial charge < -0.3 is 4.42 Å². The molecule has 142 valence electrons. The minimum absolute atomic E-state index is 0.0647. The van der Waals surface area contributed by atoms with Gasteiger partial charge in [0.2, 0.25) is 0 Å². The molecule has 1 aromatic heterocycles. The average molecular weight is 378 g/mol. The van der Waals surface area contributed by atoms with E-state index in [0.29, 0.717) is 0 Å². The fourth-order valence-corrected chi connectivity index (χ4v) is 3.84.